The predicted molar refractivity (Wildman–Crippen MR) is 312 cm³/mol. The van der Waals surface area contributed by atoms with Crippen molar-refractivity contribution in [3.05, 3.63) is 0 Å². The molecule has 0 heterocycles. The average Bonchev–Trinajstić information content (AvgIpc) is 3.37. The average molecular weight is 1020 g/mol. The summed E-state index contributed by atoms with van der Waals surface area (Å²) in [6.45, 7) is 11.5. The van der Waals surface area contributed by atoms with E-state index in [-0.39, 0.29) is 31.1 Å². The van der Waals surface area contributed by atoms with E-state index in [1.165, 1.54) is 263 Å². The van der Waals surface area contributed by atoms with E-state index in [9.17, 15) is 14.4 Å². The molecule has 0 aromatic heterocycles. The van der Waals surface area contributed by atoms with Gasteiger partial charge in [-0.1, -0.05) is 336 Å². The zero-order chi connectivity index (χ0) is 52.5. The van der Waals surface area contributed by atoms with E-state index in [4.69, 9.17) is 14.2 Å². The largest absolute Gasteiger partial charge is 0.462 e. The van der Waals surface area contributed by atoms with Gasteiger partial charge < -0.3 is 14.2 Å². The van der Waals surface area contributed by atoms with Gasteiger partial charge in [-0.05, 0) is 31.1 Å². The van der Waals surface area contributed by atoms with Crippen molar-refractivity contribution < 1.29 is 28.6 Å². The van der Waals surface area contributed by atoms with Crippen molar-refractivity contribution in [1.82, 2.24) is 0 Å². The minimum Gasteiger partial charge on any atom is -0.462 e. The van der Waals surface area contributed by atoms with Crippen molar-refractivity contribution in [2.45, 2.75) is 381 Å². The second-order valence-electron chi connectivity index (χ2n) is 23.5. The van der Waals surface area contributed by atoms with Crippen LogP contribution in [0.1, 0.15) is 375 Å². The summed E-state index contributed by atoms with van der Waals surface area (Å²) < 4.78 is 17.0. The summed E-state index contributed by atoms with van der Waals surface area (Å²) >= 11 is 0. The molecule has 0 spiro atoms. The van der Waals surface area contributed by atoms with Gasteiger partial charge in [0.1, 0.15) is 13.2 Å². The van der Waals surface area contributed by atoms with Gasteiger partial charge in [0.15, 0.2) is 6.10 Å². The number of carbonyl (C=O) groups excluding carboxylic acids is 3. The first kappa shape index (κ1) is 70.4. The number of rotatable bonds is 60. The molecule has 1 unspecified atom stereocenters. The van der Waals surface area contributed by atoms with E-state index in [1.54, 1.807) is 0 Å². The van der Waals surface area contributed by atoms with Crippen LogP contribution in [0.25, 0.3) is 0 Å². The van der Waals surface area contributed by atoms with Gasteiger partial charge in [-0.2, -0.15) is 0 Å². The predicted octanol–water partition coefficient (Wildman–Crippen LogP) is 22.0. The Hall–Kier alpha value is -1.59. The van der Waals surface area contributed by atoms with Crippen LogP contribution >= 0.6 is 0 Å². The maximum Gasteiger partial charge on any atom is 0.306 e. The molecule has 0 fully saturated rings. The molecule has 0 aliphatic heterocycles. The van der Waals surface area contributed by atoms with Gasteiger partial charge in [-0.15, -0.1) is 0 Å². The van der Waals surface area contributed by atoms with Gasteiger partial charge >= 0.3 is 17.9 Å². The normalized spacial score (nSPS) is 12.4. The van der Waals surface area contributed by atoms with Crippen LogP contribution in [0, 0.1) is 11.8 Å². The van der Waals surface area contributed by atoms with Crippen LogP contribution in [0.3, 0.4) is 0 Å². The summed E-state index contributed by atoms with van der Waals surface area (Å²) in [6.07, 6.45) is 65.3. The third kappa shape index (κ3) is 57.7. The molecule has 0 amide bonds. The Morgan fingerprint density at radius 2 is 0.528 bits per heavy atom. The maximum absolute atomic E-state index is 12.9. The van der Waals surface area contributed by atoms with Crippen molar-refractivity contribution in [3.8, 4) is 0 Å². The number of hydrogen-bond donors (Lipinski definition) is 0. The molecular formula is C66H128O6. The summed E-state index contributed by atoms with van der Waals surface area (Å²) in [5, 5.41) is 0. The van der Waals surface area contributed by atoms with Crippen LogP contribution in [-0.4, -0.2) is 37.2 Å². The molecule has 72 heavy (non-hydrogen) atoms. The Bertz CT molecular complexity index is 1110. The molecule has 0 saturated heterocycles. The first-order valence-electron chi connectivity index (χ1n) is 32.8. The Balaban J connectivity index is 4.26. The molecular weight excluding hydrogens is 889 g/mol. The van der Waals surface area contributed by atoms with Crippen molar-refractivity contribution in [1.29, 1.82) is 0 Å². The van der Waals surface area contributed by atoms with Crippen LogP contribution in [0.4, 0.5) is 0 Å². The molecule has 0 aliphatic carbocycles. The minimum absolute atomic E-state index is 0.0617. The lowest BCUT2D eigenvalue weighted by molar-refractivity contribution is -0.167. The van der Waals surface area contributed by atoms with Crippen molar-refractivity contribution >= 4 is 17.9 Å². The Morgan fingerprint density at radius 1 is 0.292 bits per heavy atom. The van der Waals surface area contributed by atoms with Gasteiger partial charge in [-0.25, -0.2) is 0 Å². The van der Waals surface area contributed by atoms with Gasteiger partial charge in [-0.3, -0.25) is 14.4 Å². The standard InChI is InChI=1S/C66H128O6/c1-6-8-9-10-11-12-13-14-15-21-27-33-38-43-48-53-58-66(69)72-63(60-71-65(68)57-52-47-42-37-32-28-23-24-29-34-39-44-49-54-61(3)4)59-70-64(67)56-51-46-41-36-31-26-22-19-17-16-18-20-25-30-35-40-45-50-55-62(5)7-2/h61-63H,6-60H2,1-5H3/t62?,63-/m1/s1. The van der Waals surface area contributed by atoms with E-state index in [0.717, 1.165) is 69.6 Å². The molecule has 0 aromatic rings. The zero-order valence-corrected chi connectivity index (χ0v) is 49.6. The van der Waals surface area contributed by atoms with Crippen molar-refractivity contribution in [3.63, 3.8) is 0 Å². The van der Waals surface area contributed by atoms with Crippen LogP contribution in [0.2, 0.25) is 0 Å². The smallest absolute Gasteiger partial charge is 0.306 e. The topological polar surface area (TPSA) is 78.9 Å². The lowest BCUT2D eigenvalue weighted by Gasteiger charge is -2.18. The molecule has 6 heteroatoms. The Kier molecular flexibility index (Phi) is 57.4. The highest BCUT2D eigenvalue weighted by atomic mass is 16.6. The fraction of sp³-hybridized carbons (Fsp3) is 0.955. The molecule has 0 N–H and O–H groups in total. The quantitative estimate of drug-likeness (QED) is 0.0343. The SMILES string of the molecule is CCCCCCCCCCCCCCCCCCC(=O)O[C@H](COC(=O)CCCCCCCCCCCCCCCCCCCCC(C)CC)COC(=O)CCCCCCCCCCCCCCCC(C)C. The van der Waals surface area contributed by atoms with E-state index >= 15 is 0 Å². The zero-order valence-electron chi connectivity index (χ0n) is 49.6. The number of hydrogen-bond acceptors (Lipinski definition) is 6. The molecule has 2 atom stereocenters. The van der Waals surface area contributed by atoms with Crippen LogP contribution in [0.5, 0.6) is 0 Å². The minimum atomic E-state index is -0.764. The fourth-order valence-electron chi connectivity index (χ4n) is 10.3. The molecule has 6 nitrogen and oxygen atoms in total. The number of ether oxygens (including phenoxy) is 3. The molecule has 0 bridgehead atoms. The first-order chi connectivity index (χ1) is 35.3. The summed E-state index contributed by atoms with van der Waals surface area (Å²) in [7, 11) is 0. The molecule has 428 valence electrons. The molecule has 0 radical (unpaired) electrons. The first-order valence-corrected chi connectivity index (χ1v) is 32.8. The lowest BCUT2D eigenvalue weighted by atomic mass is 9.99. The summed E-state index contributed by atoms with van der Waals surface area (Å²) in [6, 6.07) is 0. The van der Waals surface area contributed by atoms with E-state index in [0.29, 0.717) is 19.3 Å². The van der Waals surface area contributed by atoms with Gasteiger partial charge in [0.25, 0.3) is 0 Å². The Morgan fingerprint density at radius 3 is 0.792 bits per heavy atom. The van der Waals surface area contributed by atoms with Gasteiger partial charge in [0.05, 0.1) is 0 Å². The van der Waals surface area contributed by atoms with Crippen molar-refractivity contribution in [2.75, 3.05) is 13.2 Å². The maximum atomic E-state index is 12.9. The van der Waals surface area contributed by atoms with Crippen LogP contribution in [0.15, 0.2) is 0 Å². The summed E-state index contributed by atoms with van der Waals surface area (Å²) in [4.78, 5) is 38.3. The highest BCUT2D eigenvalue weighted by Crippen LogP contribution is 2.19. The number of carbonyl (C=O) groups is 3. The highest BCUT2D eigenvalue weighted by Gasteiger charge is 2.19. The molecule has 0 rings (SSSR count). The third-order valence-electron chi connectivity index (χ3n) is 15.6. The molecule has 0 aliphatic rings. The Labute approximate surface area is 450 Å². The fourth-order valence-corrected chi connectivity index (χ4v) is 10.3. The van der Waals surface area contributed by atoms with E-state index in [2.05, 4.69) is 34.6 Å². The third-order valence-corrected chi connectivity index (χ3v) is 15.6. The van der Waals surface area contributed by atoms with Gasteiger partial charge in [0.2, 0.25) is 0 Å². The molecule has 0 saturated carbocycles. The lowest BCUT2D eigenvalue weighted by Crippen LogP contribution is -2.30. The summed E-state index contributed by atoms with van der Waals surface area (Å²) in [5.74, 6) is 0.920. The van der Waals surface area contributed by atoms with Crippen molar-refractivity contribution in [2.24, 2.45) is 11.8 Å². The second-order valence-corrected chi connectivity index (χ2v) is 23.5. The van der Waals surface area contributed by atoms with Gasteiger partial charge in [0, 0.05) is 19.3 Å². The summed E-state index contributed by atoms with van der Waals surface area (Å²) in [5.41, 5.74) is 0. The molecule has 0 aromatic carbocycles. The van der Waals surface area contributed by atoms with Crippen LogP contribution in [-0.2, 0) is 28.6 Å². The van der Waals surface area contributed by atoms with E-state index in [1.807, 2.05) is 0 Å². The van der Waals surface area contributed by atoms with E-state index < -0.39 is 6.10 Å². The monoisotopic (exact) mass is 1020 g/mol. The number of esters is 3. The number of unbranched alkanes of at least 4 members (excludes halogenated alkanes) is 44. The van der Waals surface area contributed by atoms with Crippen LogP contribution < -0.4 is 0 Å². The highest BCUT2D eigenvalue weighted by molar-refractivity contribution is 5.71. The second kappa shape index (κ2) is 58.7.